The molecule has 9 heteroatoms. The van der Waals surface area contributed by atoms with Crippen LogP contribution in [0.2, 0.25) is 0 Å². The predicted octanol–water partition coefficient (Wildman–Crippen LogP) is -0.113. The fraction of sp³-hybridized carbons (Fsp3) is 0.111. The van der Waals surface area contributed by atoms with E-state index in [9.17, 15) is 4.79 Å². The lowest BCUT2D eigenvalue weighted by molar-refractivity contribution is 0.932. The van der Waals surface area contributed by atoms with Gasteiger partial charge < -0.3 is 10.7 Å². The Labute approximate surface area is 106 Å². The lowest BCUT2D eigenvalue weighted by atomic mass is 10.5. The molecule has 6 N–H and O–H groups in total. The van der Waals surface area contributed by atoms with Gasteiger partial charge in [-0.1, -0.05) is 0 Å². The third kappa shape index (κ3) is 2.96. The average molecular weight is 265 g/mol. The summed E-state index contributed by atoms with van der Waals surface area (Å²) in [6.07, 6.45) is 0. The number of hydrogen-bond donors (Lipinski definition) is 4. The van der Waals surface area contributed by atoms with Crippen LogP contribution >= 0.6 is 11.8 Å². The van der Waals surface area contributed by atoms with Crippen molar-refractivity contribution in [3.05, 3.63) is 28.2 Å². The van der Waals surface area contributed by atoms with Gasteiger partial charge in [0.15, 0.2) is 5.16 Å². The average Bonchev–Trinajstić information content (AvgIpc) is 2.26. The number of nitrogens with zero attached hydrogens (tertiary/aromatic N) is 3. The van der Waals surface area contributed by atoms with Crippen molar-refractivity contribution in [1.29, 1.82) is 0 Å². The van der Waals surface area contributed by atoms with Gasteiger partial charge in [-0.15, -0.1) is 0 Å². The van der Waals surface area contributed by atoms with Crippen molar-refractivity contribution in [2.24, 2.45) is 5.84 Å². The number of anilines is 2. The van der Waals surface area contributed by atoms with Crippen molar-refractivity contribution >= 4 is 23.5 Å². The number of rotatable bonds is 3. The maximum atomic E-state index is 11.2. The predicted molar refractivity (Wildman–Crippen MR) is 68.0 cm³/mol. The summed E-state index contributed by atoms with van der Waals surface area (Å²) >= 11 is 1.17. The molecule has 8 nitrogen and oxygen atoms in total. The van der Waals surface area contributed by atoms with Crippen LogP contribution < -0.4 is 22.6 Å². The lowest BCUT2D eigenvalue weighted by Crippen LogP contribution is -2.12. The second-order valence-corrected chi connectivity index (χ2v) is 4.40. The molecule has 0 radical (unpaired) electrons. The number of nitrogens with two attached hydrogens (primary N) is 2. The van der Waals surface area contributed by atoms with Crippen LogP contribution in [0.3, 0.4) is 0 Å². The molecule has 0 aromatic carbocycles. The van der Waals surface area contributed by atoms with Crippen LogP contribution in [0.4, 0.5) is 11.8 Å². The van der Waals surface area contributed by atoms with Gasteiger partial charge in [0.05, 0.1) is 0 Å². The minimum atomic E-state index is -0.312. The van der Waals surface area contributed by atoms with E-state index >= 15 is 0 Å². The molecule has 2 heterocycles. The standard InChI is InChI=1S/C9H11N7OS/c1-4-2-7(15-8(12-4)16-11)18-9-13-5(10)3-6(17)14-9/h2-3H,11H2,1H3,(H,12,15,16)(H3,10,13,14,17). The summed E-state index contributed by atoms with van der Waals surface area (Å²) in [5.41, 5.74) is 8.28. The highest BCUT2D eigenvalue weighted by Gasteiger charge is 2.06. The van der Waals surface area contributed by atoms with E-state index < -0.39 is 0 Å². The molecule has 0 fully saturated rings. The van der Waals surface area contributed by atoms with Crippen molar-refractivity contribution < 1.29 is 0 Å². The van der Waals surface area contributed by atoms with E-state index in [1.165, 1.54) is 17.8 Å². The first-order valence-corrected chi connectivity index (χ1v) is 5.75. The molecule has 0 aliphatic heterocycles. The fourth-order valence-electron chi connectivity index (χ4n) is 1.26. The van der Waals surface area contributed by atoms with Crippen molar-refractivity contribution in [3.8, 4) is 0 Å². The highest BCUT2D eigenvalue weighted by molar-refractivity contribution is 7.99. The zero-order chi connectivity index (χ0) is 13.1. The normalized spacial score (nSPS) is 10.3. The Morgan fingerprint density at radius 2 is 2.11 bits per heavy atom. The zero-order valence-electron chi connectivity index (χ0n) is 9.47. The summed E-state index contributed by atoms with van der Waals surface area (Å²) in [7, 11) is 0. The second kappa shape index (κ2) is 5.02. The maximum absolute atomic E-state index is 11.2. The molecule has 2 aromatic heterocycles. The SMILES string of the molecule is Cc1cc(Sc2nc(N)cc(=O)[nH]2)nc(NN)n1. The summed E-state index contributed by atoms with van der Waals surface area (Å²) < 4.78 is 0. The van der Waals surface area contributed by atoms with Gasteiger partial charge in [0.2, 0.25) is 5.95 Å². The van der Waals surface area contributed by atoms with Crippen LogP contribution in [0.5, 0.6) is 0 Å². The molecule has 0 aliphatic rings. The number of aromatic nitrogens is 4. The monoisotopic (exact) mass is 265 g/mol. The first kappa shape index (κ1) is 12.3. The molecule has 0 atom stereocenters. The van der Waals surface area contributed by atoms with Gasteiger partial charge in [0.25, 0.3) is 5.56 Å². The summed E-state index contributed by atoms with van der Waals surface area (Å²) in [4.78, 5) is 26.0. The van der Waals surface area contributed by atoms with E-state index in [1.807, 2.05) is 6.92 Å². The minimum absolute atomic E-state index is 0.157. The number of aryl methyl sites for hydroxylation is 1. The molecule has 0 spiro atoms. The van der Waals surface area contributed by atoms with Crippen LogP contribution in [-0.4, -0.2) is 19.9 Å². The fourth-order valence-corrected chi connectivity index (χ4v) is 2.12. The largest absolute Gasteiger partial charge is 0.383 e. The van der Waals surface area contributed by atoms with Crippen LogP contribution in [-0.2, 0) is 0 Å². The van der Waals surface area contributed by atoms with Crippen molar-refractivity contribution in [1.82, 2.24) is 19.9 Å². The van der Waals surface area contributed by atoms with E-state index in [-0.39, 0.29) is 11.4 Å². The molecule has 2 rings (SSSR count). The summed E-state index contributed by atoms with van der Waals surface area (Å²) in [6, 6.07) is 2.96. The minimum Gasteiger partial charge on any atom is -0.383 e. The third-order valence-corrected chi connectivity index (χ3v) is 2.71. The molecule has 0 aliphatic carbocycles. The topological polar surface area (TPSA) is 136 Å². The van der Waals surface area contributed by atoms with Gasteiger partial charge in [-0.05, 0) is 24.8 Å². The number of H-pyrrole nitrogens is 1. The van der Waals surface area contributed by atoms with Crippen molar-refractivity contribution in [2.45, 2.75) is 17.1 Å². The molecule has 0 amide bonds. The molecule has 94 valence electrons. The third-order valence-electron chi connectivity index (χ3n) is 1.90. The quantitative estimate of drug-likeness (QED) is 0.261. The van der Waals surface area contributed by atoms with Crippen molar-refractivity contribution in [3.63, 3.8) is 0 Å². The molecule has 0 unspecified atom stereocenters. The Bertz CT molecular complexity index is 627. The number of aromatic amines is 1. The first-order valence-electron chi connectivity index (χ1n) is 4.94. The van der Waals surface area contributed by atoms with Gasteiger partial charge >= 0.3 is 0 Å². The van der Waals surface area contributed by atoms with Gasteiger partial charge in [-0.3, -0.25) is 10.2 Å². The van der Waals surface area contributed by atoms with Gasteiger partial charge in [0.1, 0.15) is 10.8 Å². The Kier molecular flexibility index (Phi) is 3.44. The summed E-state index contributed by atoms with van der Waals surface area (Å²) in [5.74, 6) is 5.70. The number of nitrogen functional groups attached to an aromatic ring is 2. The molecule has 0 saturated heterocycles. The Hall–Kier alpha value is -2.13. The van der Waals surface area contributed by atoms with Crippen LogP contribution in [0, 0.1) is 6.92 Å². The van der Waals surface area contributed by atoms with E-state index in [2.05, 4.69) is 25.4 Å². The molecular formula is C9H11N7OS. The Morgan fingerprint density at radius 3 is 2.78 bits per heavy atom. The van der Waals surface area contributed by atoms with Crippen LogP contribution in [0.1, 0.15) is 5.69 Å². The molecular weight excluding hydrogens is 254 g/mol. The second-order valence-electron chi connectivity index (χ2n) is 3.39. The van der Waals surface area contributed by atoms with Gasteiger partial charge in [0, 0.05) is 11.8 Å². The molecule has 18 heavy (non-hydrogen) atoms. The lowest BCUT2D eigenvalue weighted by Gasteiger charge is -2.04. The Balaban J connectivity index is 2.33. The summed E-state index contributed by atoms with van der Waals surface area (Å²) in [5, 5.41) is 0.963. The Morgan fingerprint density at radius 1 is 1.33 bits per heavy atom. The molecule has 2 aromatic rings. The number of nitrogens with one attached hydrogen (secondary N) is 2. The number of hydrazine groups is 1. The molecule has 0 bridgehead atoms. The van der Waals surface area contributed by atoms with E-state index in [0.29, 0.717) is 16.1 Å². The van der Waals surface area contributed by atoms with E-state index in [0.717, 1.165) is 5.69 Å². The van der Waals surface area contributed by atoms with E-state index in [4.69, 9.17) is 11.6 Å². The smallest absolute Gasteiger partial charge is 0.253 e. The number of hydrogen-bond acceptors (Lipinski definition) is 8. The van der Waals surface area contributed by atoms with Crippen LogP contribution in [0.15, 0.2) is 27.1 Å². The van der Waals surface area contributed by atoms with Crippen molar-refractivity contribution in [2.75, 3.05) is 11.2 Å². The van der Waals surface area contributed by atoms with Gasteiger partial charge in [-0.25, -0.2) is 20.8 Å². The highest BCUT2D eigenvalue weighted by atomic mass is 32.2. The zero-order valence-corrected chi connectivity index (χ0v) is 10.3. The summed E-state index contributed by atoms with van der Waals surface area (Å²) in [6.45, 7) is 1.81. The highest BCUT2D eigenvalue weighted by Crippen LogP contribution is 2.23. The maximum Gasteiger partial charge on any atom is 0.253 e. The molecule has 0 saturated carbocycles. The van der Waals surface area contributed by atoms with Gasteiger partial charge in [-0.2, -0.15) is 0 Å². The van der Waals surface area contributed by atoms with Crippen LogP contribution in [0.25, 0.3) is 0 Å². The van der Waals surface area contributed by atoms with E-state index in [1.54, 1.807) is 6.07 Å². The first-order chi connectivity index (χ1) is 8.56.